The van der Waals surface area contributed by atoms with Crippen LogP contribution in [-0.4, -0.2) is 14.5 Å². The van der Waals surface area contributed by atoms with Crippen molar-refractivity contribution in [3.63, 3.8) is 0 Å². The van der Waals surface area contributed by atoms with Crippen molar-refractivity contribution in [3.05, 3.63) is 205 Å². The minimum absolute atomic E-state index is 0.649. The van der Waals surface area contributed by atoms with Gasteiger partial charge in [0.05, 0.1) is 22.4 Å². The van der Waals surface area contributed by atoms with Gasteiger partial charge in [-0.2, -0.15) is 0 Å². The lowest BCUT2D eigenvalue weighted by atomic mass is 9.96. The number of allylic oxidation sites excluding steroid dienone is 5. The molecule has 11 aromatic rings. The van der Waals surface area contributed by atoms with E-state index in [0.717, 1.165) is 78.0 Å². The fourth-order valence-electron chi connectivity index (χ4n) is 9.20. The Morgan fingerprint density at radius 1 is 0.590 bits per heavy atom. The summed E-state index contributed by atoms with van der Waals surface area (Å²) >= 11 is 0. The van der Waals surface area contributed by atoms with Gasteiger partial charge in [0.25, 0.3) is 0 Å². The number of fused-ring (bicyclic) bond motifs is 10. The molecule has 0 radical (unpaired) electrons. The highest BCUT2D eigenvalue weighted by Gasteiger charge is 2.21. The molecule has 0 saturated heterocycles. The third-order valence-electron chi connectivity index (χ3n) is 12.2. The second-order valence-electron chi connectivity index (χ2n) is 15.8. The molecular weight excluding hydrogens is 743 g/mol. The minimum atomic E-state index is 0.649. The van der Waals surface area contributed by atoms with Gasteiger partial charge in [-0.1, -0.05) is 146 Å². The van der Waals surface area contributed by atoms with Crippen molar-refractivity contribution in [2.45, 2.75) is 20.8 Å². The Labute approximate surface area is 354 Å². The number of rotatable bonds is 7. The fourth-order valence-corrected chi connectivity index (χ4v) is 9.20. The smallest absolute Gasteiger partial charge is 0.160 e. The van der Waals surface area contributed by atoms with Crippen molar-refractivity contribution in [2.75, 3.05) is 0 Å². The van der Waals surface area contributed by atoms with E-state index in [2.05, 4.69) is 189 Å². The SMILES string of the molecule is C=C/C(=C\C=C/C)c1ccc(-c2nc(-c3ccc4c(c3)oc3ccc(-n5c6ccc7ccccc7c6c6c7ccccc7ccc65)cc34)nc(-c3ccccc3C)c2C)cc1. The van der Waals surface area contributed by atoms with Gasteiger partial charge in [0.2, 0.25) is 0 Å². The van der Waals surface area contributed by atoms with Gasteiger partial charge in [-0.3, -0.25) is 0 Å². The first-order valence-electron chi connectivity index (χ1n) is 20.8. The molecule has 0 aliphatic heterocycles. The molecule has 290 valence electrons. The molecule has 8 aromatic carbocycles. The van der Waals surface area contributed by atoms with Gasteiger partial charge in [-0.05, 0) is 101 Å². The summed E-state index contributed by atoms with van der Waals surface area (Å²) in [4.78, 5) is 10.6. The highest BCUT2D eigenvalue weighted by atomic mass is 16.3. The minimum Gasteiger partial charge on any atom is -0.456 e. The number of hydrogen-bond acceptors (Lipinski definition) is 3. The number of hydrogen-bond donors (Lipinski definition) is 0. The fraction of sp³-hybridized carbons (Fsp3) is 0.0526. The largest absolute Gasteiger partial charge is 0.456 e. The molecule has 61 heavy (non-hydrogen) atoms. The van der Waals surface area contributed by atoms with E-state index < -0.39 is 0 Å². The maximum Gasteiger partial charge on any atom is 0.160 e. The van der Waals surface area contributed by atoms with Gasteiger partial charge in [0, 0.05) is 49.5 Å². The summed E-state index contributed by atoms with van der Waals surface area (Å²) in [5.74, 6) is 0.649. The lowest BCUT2D eigenvalue weighted by Crippen LogP contribution is -2.01. The summed E-state index contributed by atoms with van der Waals surface area (Å²) in [6.45, 7) is 10.3. The quantitative estimate of drug-likeness (QED) is 0.151. The average Bonchev–Trinajstić information content (AvgIpc) is 3.85. The lowest BCUT2D eigenvalue weighted by molar-refractivity contribution is 0.669. The molecule has 11 rings (SSSR count). The second-order valence-corrected chi connectivity index (χ2v) is 15.8. The van der Waals surface area contributed by atoms with Gasteiger partial charge in [0.1, 0.15) is 11.2 Å². The van der Waals surface area contributed by atoms with Crippen LogP contribution in [0.2, 0.25) is 0 Å². The number of nitrogens with zero attached hydrogens (tertiary/aromatic N) is 3. The van der Waals surface area contributed by atoms with Crippen LogP contribution in [0.4, 0.5) is 0 Å². The van der Waals surface area contributed by atoms with Crippen molar-refractivity contribution in [2.24, 2.45) is 0 Å². The first kappa shape index (κ1) is 36.3. The third kappa shape index (κ3) is 5.90. The Morgan fingerprint density at radius 3 is 1.93 bits per heavy atom. The van der Waals surface area contributed by atoms with Crippen molar-refractivity contribution < 1.29 is 4.42 Å². The number of aryl methyl sites for hydroxylation is 1. The highest BCUT2D eigenvalue weighted by Crippen LogP contribution is 2.42. The molecule has 3 aromatic heterocycles. The van der Waals surface area contributed by atoms with Crippen LogP contribution in [0, 0.1) is 13.8 Å². The first-order valence-corrected chi connectivity index (χ1v) is 20.8. The van der Waals surface area contributed by atoms with Gasteiger partial charge < -0.3 is 8.98 Å². The Hall–Kier alpha value is -7.82. The summed E-state index contributed by atoms with van der Waals surface area (Å²) in [6, 6.07) is 56.4. The van der Waals surface area contributed by atoms with Crippen LogP contribution in [0.25, 0.3) is 110 Å². The molecule has 0 atom stereocenters. The normalized spacial score (nSPS) is 12.3. The number of aromatic nitrogens is 3. The topological polar surface area (TPSA) is 43.9 Å². The second kappa shape index (κ2) is 14.5. The summed E-state index contributed by atoms with van der Waals surface area (Å²) < 4.78 is 9.05. The number of furan rings is 1. The van der Waals surface area contributed by atoms with Crippen LogP contribution in [0.15, 0.2) is 193 Å². The predicted octanol–water partition coefficient (Wildman–Crippen LogP) is 15.5. The summed E-state index contributed by atoms with van der Waals surface area (Å²) in [7, 11) is 0. The van der Waals surface area contributed by atoms with Crippen LogP contribution in [-0.2, 0) is 0 Å². The van der Waals surface area contributed by atoms with Crippen molar-refractivity contribution in [1.82, 2.24) is 14.5 Å². The van der Waals surface area contributed by atoms with Crippen LogP contribution in [0.3, 0.4) is 0 Å². The molecule has 0 aliphatic carbocycles. The Kier molecular flexibility index (Phi) is 8.61. The molecule has 0 amide bonds. The van der Waals surface area contributed by atoms with E-state index in [1.165, 1.54) is 43.4 Å². The molecule has 3 heterocycles. The monoisotopic (exact) mass is 783 g/mol. The van der Waals surface area contributed by atoms with Crippen molar-refractivity contribution in [1.29, 1.82) is 0 Å². The summed E-state index contributed by atoms with van der Waals surface area (Å²) in [5.41, 5.74) is 14.2. The lowest BCUT2D eigenvalue weighted by Gasteiger charge is -2.15. The maximum atomic E-state index is 6.64. The Morgan fingerprint density at radius 2 is 1.25 bits per heavy atom. The number of benzene rings is 8. The molecule has 0 spiro atoms. The van der Waals surface area contributed by atoms with Gasteiger partial charge in [-0.15, -0.1) is 0 Å². The van der Waals surface area contributed by atoms with Crippen molar-refractivity contribution >= 4 is 70.9 Å². The molecule has 4 nitrogen and oxygen atoms in total. The Bertz CT molecular complexity index is 3540. The molecule has 0 aliphatic rings. The molecule has 0 fully saturated rings. The summed E-state index contributed by atoms with van der Waals surface area (Å²) in [5, 5.41) is 9.63. The average molecular weight is 784 g/mol. The van der Waals surface area contributed by atoms with E-state index in [9.17, 15) is 0 Å². The standard InChI is InChI=1S/C57H41N3O/c1-5-7-15-37(6-2)38-21-23-41(24-22-38)55-36(4)56(44-18-11-8-14-35(44)3)59-57(58-55)42-25-29-47-48-34-43(28-32-51(48)61-52(47)33-42)60-49-30-26-39-16-9-12-19-45(39)53(49)54-46-20-13-10-17-40(46)27-31-50(54)60/h5-34H,2H2,1,3-4H3/b7-5-,37-15+. The van der Waals surface area contributed by atoms with E-state index in [4.69, 9.17) is 14.4 Å². The molecule has 4 heteroatoms. The van der Waals surface area contributed by atoms with Gasteiger partial charge in [-0.25, -0.2) is 9.97 Å². The molecular formula is C57H41N3O. The predicted molar refractivity (Wildman–Crippen MR) is 257 cm³/mol. The van der Waals surface area contributed by atoms with Crippen LogP contribution < -0.4 is 0 Å². The molecule has 0 N–H and O–H groups in total. The van der Waals surface area contributed by atoms with E-state index >= 15 is 0 Å². The van der Waals surface area contributed by atoms with E-state index in [1.807, 2.05) is 25.2 Å². The van der Waals surface area contributed by atoms with E-state index in [0.29, 0.717) is 5.82 Å². The highest BCUT2D eigenvalue weighted by molar-refractivity contribution is 6.28. The van der Waals surface area contributed by atoms with E-state index in [1.54, 1.807) is 0 Å². The molecule has 0 unspecified atom stereocenters. The zero-order valence-corrected chi connectivity index (χ0v) is 34.3. The zero-order valence-electron chi connectivity index (χ0n) is 34.3. The molecule has 0 saturated carbocycles. The molecule has 0 bridgehead atoms. The van der Waals surface area contributed by atoms with Crippen molar-refractivity contribution in [3.8, 4) is 39.6 Å². The van der Waals surface area contributed by atoms with Crippen LogP contribution >= 0.6 is 0 Å². The third-order valence-corrected chi connectivity index (χ3v) is 12.2. The van der Waals surface area contributed by atoms with E-state index in [-0.39, 0.29) is 0 Å². The summed E-state index contributed by atoms with van der Waals surface area (Å²) in [6.07, 6.45) is 8.02. The maximum absolute atomic E-state index is 6.64. The van der Waals surface area contributed by atoms with Gasteiger partial charge >= 0.3 is 0 Å². The Balaban J connectivity index is 1.06. The van der Waals surface area contributed by atoms with Gasteiger partial charge in [0.15, 0.2) is 5.82 Å². The van der Waals surface area contributed by atoms with Crippen LogP contribution in [0.5, 0.6) is 0 Å². The van der Waals surface area contributed by atoms with Crippen LogP contribution in [0.1, 0.15) is 23.6 Å². The zero-order chi connectivity index (χ0) is 41.2. The first-order chi connectivity index (χ1) is 30.0.